The van der Waals surface area contributed by atoms with Crippen LogP contribution in [0.2, 0.25) is 0 Å². The Morgan fingerprint density at radius 1 is 1.38 bits per heavy atom. The fourth-order valence-corrected chi connectivity index (χ4v) is 1.01. The van der Waals surface area contributed by atoms with Crippen molar-refractivity contribution in [1.29, 1.82) is 0 Å². The van der Waals surface area contributed by atoms with Gasteiger partial charge in [0, 0.05) is 19.2 Å². The van der Waals surface area contributed by atoms with Crippen LogP contribution in [-0.4, -0.2) is 18.4 Å². The highest BCUT2D eigenvalue weighted by Gasteiger charge is 2.13. The van der Waals surface area contributed by atoms with Crippen molar-refractivity contribution in [3.05, 3.63) is 24.5 Å². The largest absolute Gasteiger partial charge is 0.463 e. The Balaban J connectivity index is 2.57. The zero-order valence-electron chi connectivity index (χ0n) is 8.23. The normalized spacial score (nSPS) is 12.9. The van der Waals surface area contributed by atoms with Crippen molar-refractivity contribution < 1.29 is 9.47 Å². The number of rotatable bonds is 4. The van der Waals surface area contributed by atoms with E-state index >= 15 is 0 Å². The van der Waals surface area contributed by atoms with Gasteiger partial charge >= 0.3 is 0 Å². The van der Waals surface area contributed by atoms with E-state index in [1.54, 1.807) is 19.5 Å². The molecule has 0 bridgehead atoms. The summed E-state index contributed by atoms with van der Waals surface area (Å²) in [6.45, 7) is 4.09. The highest BCUT2D eigenvalue weighted by atomic mass is 16.7. The lowest BCUT2D eigenvalue weighted by Crippen LogP contribution is -2.24. The van der Waals surface area contributed by atoms with Crippen LogP contribution in [0, 0.1) is 5.92 Å². The van der Waals surface area contributed by atoms with Crippen LogP contribution in [0.25, 0.3) is 0 Å². The van der Waals surface area contributed by atoms with Crippen LogP contribution in [0.5, 0.6) is 5.75 Å². The van der Waals surface area contributed by atoms with Gasteiger partial charge in [0.2, 0.25) is 6.29 Å². The Labute approximate surface area is 78.7 Å². The number of hydrogen-bond acceptors (Lipinski definition) is 3. The highest BCUT2D eigenvalue weighted by molar-refractivity contribution is 5.15. The molecule has 0 saturated heterocycles. The van der Waals surface area contributed by atoms with Gasteiger partial charge in [-0.05, 0) is 12.1 Å². The summed E-state index contributed by atoms with van der Waals surface area (Å²) < 4.78 is 10.7. The highest BCUT2D eigenvalue weighted by Crippen LogP contribution is 2.14. The quantitative estimate of drug-likeness (QED) is 0.666. The summed E-state index contributed by atoms with van der Waals surface area (Å²) in [6.07, 6.45) is 3.18. The maximum Gasteiger partial charge on any atom is 0.201 e. The SMILES string of the molecule is COC(Oc1cccnc1)C(C)C. The second-order valence-corrected chi connectivity index (χ2v) is 3.15. The van der Waals surface area contributed by atoms with Crippen LogP contribution in [-0.2, 0) is 4.74 Å². The molecule has 1 rings (SSSR count). The third-order valence-corrected chi connectivity index (χ3v) is 1.66. The summed E-state index contributed by atoms with van der Waals surface area (Å²) in [5.74, 6) is 1.06. The first-order valence-electron chi connectivity index (χ1n) is 4.33. The Kier molecular flexibility index (Phi) is 3.71. The van der Waals surface area contributed by atoms with Crippen molar-refractivity contribution in [3.63, 3.8) is 0 Å². The van der Waals surface area contributed by atoms with E-state index in [1.807, 2.05) is 26.0 Å². The predicted octanol–water partition coefficient (Wildman–Crippen LogP) is 2.09. The summed E-state index contributed by atoms with van der Waals surface area (Å²) in [6, 6.07) is 3.70. The molecule has 1 atom stereocenters. The zero-order valence-corrected chi connectivity index (χ0v) is 8.23. The number of hydrogen-bond donors (Lipinski definition) is 0. The number of methoxy groups -OCH3 is 1. The summed E-state index contributed by atoms with van der Waals surface area (Å²) in [4.78, 5) is 3.95. The molecule has 0 aromatic carbocycles. The molecule has 0 aliphatic carbocycles. The minimum absolute atomic E-state index is 0.204. The molecule has 1 unspecified atom stereocenters. The van der Waals surface area contributed by atoms with Crippen LogP contribution >= 0.6 is 0 Å². The van der Waals surface area contributed by atoms with Gasteiger partial charge in [0.1, 0.15) is 5.75 Å². The number of aromatic nitrogens is 1. The molecule has 72 valence electrons. The summed E-state index contributed by atoms with van der Waals surface area (Å²) in [5, 5.41) is 0. The molecule has 0 saturated carbocycles. The van der Waals surface area contributed by atoms with Crippen molar-refractivity contribution in [2.45, 2.75) is 20.1 Å². The number of nitrogens with zero attached hydrogens (tertiary/aromatic N) is 1. The van der Waals surface area contributed by atoms with Crippen molar-refractivity contribution in [3.8, 4) is 5.75 Å². The lowest BCUT2D eigenvalue weighted by Gasteiger charge is -2.20. The van der Waals surface area contributed by atoms with Gasteiger partial charge in [-0.2, -0.15) is 0 Å². The predicted molar refractivity (Wildman–Crippen MR) is 50.5 cm³/mol. The van der Waals surface area contributed by atoms with Gasteiger partial charge < -0.3 is 9.47 Å². The van der Waals surface area contributed by atoms with Crippen LogP contribution < -0.4 is 4.74 Å². The average molecular weight is 181 g/mol. The fraction of sp³-hybridized carbons (Fsp3) is 0.500. The molecule has 0 aliphatic rings. The Bertz CT molecular complexity index is 236. The Hall–Kier alpha value is -1.09. The molecule has 0 spiro atoms. The van der Waals surface area contributed by atoms with Gasteiger partial charge in [-0.3, -0.25) is 4.98 Å². The van der Waals surface area contributed by atoms with Gasteiger partial charge in [-0.15, -0.1) is 0 Å². The van der Waals surface area contributed by atoms with Gasteiger partial charge in [-0.25, -0.2) is 0 Å². The third kappa shape index (κ3) is 3.03. The van der Waals surface area contributed by atoms with Crippen LogP contribution in [0.3, 0.4) is 0 Å². The van der Waals surface area contributed by atoms with Gasteiger partial charge in [-0.1, -0.05) is 13.8 Å². The van der Waals surface area contributed by atoms with Crippen molar-refractivity contribution in [1.82, 2.24) is 4.98 Å². The number of pyridine rings is 1. The van der Waals surface area contributed by atoms with E-state index in [1.165, 1.54) is 0 Å². The third-order valence-electron chi connectivity index (χ3n) is 1.66. The van der Waals surface area contributed by atoms with E-state index in [-0.39, 0.29) is 6.29 Å². The molecule has 13 heavy (non-hydrogen) atoms. The van der Waals surface area contributed by atoms with E-state index in [0.717, 1.165) is 5.75 Å². The molecule has 0 aliphatic heterocycles. The van der Waals surface area contributed by atoms with Crippen LogP contribution in [0.15, 0.2) is 24.5 Å². The molecule has 1 aromatic rings. The van der Waals surface area contributed by atoms with Crippen molar-refractivity contribution >= 4 is 0 Å². The first kappa shape index (κ1) is 9.99. The van der Waals surface area contributed by atoms with Crippen LogP contribution in [0.1, 0.15) is 13.8 Å². The molecular formula is C10H15NO2. The number of ether oxygens (including phenoxy) is 2. The van der Waals surface area contributed by atoms with E-state index in [2.05, 4.69) is 4.98 Å². The van der Waals surface area contributed by atoms with E-state index in [9.17, 15) is 0 Å². The molecule has 0 radical (unpaired) electrons. The summed E-state index contributed by atoms with van der Waals surface area (Å²) in [5.41, 5.74) is 0. The first-order valence-corrected chi connectivity index (χ1v) is 4.33. The van der Waals surface area contributed by atoms with E-state index < -0.39 is 0 Å². The molecule has 1 aromatic heterocycles. The van der Waals surface area contributed by atoms with Gasteiger partial charge in [0.15, 0.2) is 0 Å². The molecule has 0 fully saturated rings. The lowest BCUT2D eigenvalue weighted by atomic mass is 10.2. The molecule has 0 amide bonds. The van der Waals surface area contributed by atoms with E-state index in [0.29, 0.717) is 5.92 Å². The minimum Gasteiger partial charge on any atom is -0.463 e. The molecule has 0 N–H and O–H groups in total. The van der Waals surface area contributed by atoms with Crippen molar-refractivity contribution in [2.75, 3.05) is 7.11 Å². The maximum absolute atomic E-state index is 5.54. The Morgan fingerprint density at radius 2 is 2.15 bits per heavy atom. The average Bonchev–Trinajstić information content (AvgIpc) is 2.15. The summed E-state index contributed by atoms with van der Waals surface area (Å²) >= 11 is 0. The van der Waals surface area contributed by atoms with Crippen molar-refractivity contribution in [2.24, 2.45) is 5.92 Å². The van der Waals surface area contributed by atoms with E-state index in [4.69, 9.17) is 9.47 Å². The smallest absolute Gasteiger partial charge is 0.201 e. The van der Waals surface area contributed by atoms with Gasteiger partial charge in [0.05, 0.1) is 6.20 Å². The fourth-order valence-electron chi connectivity index (χ4n) is 1.01. The molecule has 3 nitrogen and oxygen atoms in total. The molecule has 1 heterocycles. The first-order chi connectivity index (χ1) is 6.24. The maximum atomic E-state index is 5.54. The zero-order chi connectivity index (χ0) is 9.68. The summed E-state index contributed by atoms with van der Waals surface area (Å²) in [7, 11) is 1.64. The van der Waals surface area contributed by atoms with Crippen LogP contribution in [0.4, 0.5) is 0 Å². The standard InChI is InChI=1S/C10H15NO2/c1-8(2)10(12-3)13-9-5-4-6-11-7-9/h4-8,10H,1-3H3. The molecule has 3 heteroatoms. The Morgan fingerprint density at radius 3 is 2.62 bits per heavy atom. The lowest BCUT2D eigenvalue weighted by molar-refractivity contribution is -0.0835. The monoisotopic (exact) mass is 181 g/mol. The van der Waals surface area contributed by atoms with Gasteiger partial charge in [0.25, 0.3) is 0 Å². The minimum atomic E-state index is -0.204. The molecular weight excluding hydrogens is 166 g/mol. The second kappa shape index (κ2) is 4.82. The second-order valence-electron chi connectivity index (χ2n) is 3.15. The topological polar surface area (TPSA) is 31.4 Å².